The number of likely N-dealkylation sites (N-methyl/N-ethyl adjacent to an activating group) is 1. The molecule has 7 nitrogen and oxygen atoms in total. The van der Waals surface area contributed by atoms with Crippen molar-refractivity contribution in [3.05, 3.63) is 24.0 Å². The van der Waals surface area contributed by atoms with Gasteiger partial charge in [0.15, 0.2) is 0 Å². The van der Waals surface area contributed by atoms with Crippen LogP contribution in [-0.4, -0.2) is 45.3 Å². The van der Waals surface area contributed by atoms with Crippen LogP contribution in [0.2, 0.25) is 0 Å². The minimum Gasteiger partial charge on any atom is -0.480 e. The highest BCUT2D eigenvalue weighted by Crippen LogP contribution is 2.22. The lowest BCUT2D eigenvalue weighted by Crippen LogP contribution is -2.24. The fourth-order valence-corrected chi connectivity index (χ4v) is 2.11. The third-order valence-corrected chi connectivity index (χ3v) is 3.03. The highest BCUT2D eigenvalue weighted by molar-refractivity contribution is 5.83. The van der Waals surface area contributed by atoms with Crippen LogP contribution in [0.5, 0.6) is 0 Å². The van der Waals surface area contributed by atoms with Crippen LogP contribution in [0.15, 0.2) is 18.2 Å². The molecule has 0 amide bonds. The van der Waals surface area contributed by atoms with Crippen molar-refractivity contribution in [3.8, 4) is 0 Å². The monoisotopic (exact) mass is 277 g/mol. The van der Waals surface area contributed by atoms with Gasteiger partial charge in [-0.05, 0) is 25.1 Å². The van der Waals surface area contributed by atoms with Crippen molar-refractivity contribution >= 4 is 28.7 Å². The number of aryl methyl sites for hydroxylation is 1. The second kappa shape index (κ2) is 5.20. The topological polar surface area (TPSA) is 95.7 Å². The van der Waals surface area contributed by atoms with Crippen molar-refractivity contribution in [2.24, 2.45) is 0 Å². The Labute approximate surface area is 115 Å². The zero-order chi connectivity index (χ0) is 14.9. The minimum atomic E-state index is -0.931. The molecular formula is C13H15N3O4. The molecule has 106 valence electrons. The smallest absolute Gasteiger partial charge is 0.323 e. The lowest BCUT2D eigenvalue weighted by atomic mass is 10.2. The molecule has 2 aromatic rings. The molecule has 0 aliphatic heterocycles. The molecule has 0 fully saturated rings. The summed E-state index contributed by atoms with van der Waals surface area (Å²) >= 11 is 0. The maximum absolute atomic E-state index is 10.8. The molecular weight excluding hydrogens is 262 g/mol. The van der Waals surface area contributed by atoms with E-state index in [0.29, 0.717) is 11.3 Å². The quantitative estimate of drug-likeness (QED) is 0.844. The van der Waals surface area contributed by atoms with Crippen molar-refractivity contribution in [1.82, 2.24) is 9.55 Å². The van der Waals surface area contributed by atoms with Crippen LogP contribution in [-0.2, 0) is 16.1 Å². The van der Waals surface area contributed by atoms with Gasteiger partial charge >= 0.3 is 11.9 Å². The molecule has 0 aliphatic rings. The number of hydrogen-bond acceptors (Lipinski definition) is 4. The lowest BCUT2D eigenvalue weighted by molar-refractivity contribution is -0.138. The van der Waals surface area contributed by atoms with Gasteiger partial charge in [-0.15, -0.1) is 0 Å². The summed E-state index contributed by atoms with van der Waals surface area (Å²) in [6.07, 6.45) is 0. The molecule has 0 unspecified atom stereocenters. The molecule has 2 rings (SSSR count). The number of nitrogens with zero attached hydrogens (tertiary/aromatic N) is 3. The van der Waals surface area contributed by atoms with Gasteiger partial charge in [0, 0.05) is 12.7 Å². The zero-order valence-corrected chi connectivity index (χ0v) is 11.2. The molecule has 1 aromatic carbocycles. The Kier molecular flexibility index (Phi) is 3.60. The van der Waals surface area contributed by atoms with E-state index in [1.54, 1.807) is 41.6 Å². The highest BCUT2D eigenvalue weighted by atomic mass is 16.4. The number of carbonyl (C=O) groups is 2. The predicted molar refractivity (Wildman–Crippen MR) is 73.0 cm³/mol. The number of carboxylic acid groups (broad SMARTS) is 2. The predicted octanol–water partition coefficient (Wildman–Crippen LogP) is 0.950. The van der Waals surface area contributed by atoms with Gasteiger partial charge in [0.2, 0.25) is 0 Å². The van der Waals surface area contributed by atoms with Gasteiger partial charge in [0.05, 0.1) is 11.0 Å². The van der Waals surface area contributed by atoms with Crippen LogP contribution in [0.3, 0.4) is 0 Å². The summed E-state index contributed by atoms with van der Waals surface area (Å²) in [5, 5.41) is 17.7. The van der Waals surface area contributed by atoms with Crippen LogP contribution < -0.4 is 4.90 Å². The number of anilines is 1. The van der Waals surface area contributed by atoms with E-state index in [1.807, 2.05) is 0 Å². The molecule has 0 saturated heterocycles. The number of benzene rings is 1. The number of hydrogen-bond donors (Lipinski definition) is 2. The molecule has 7 heteroatoms. The number of rotatable bonds is 5. The summed E-state index contributed by atoms with van der Waals surface area (Å²) in [5.74, 6) is -1.24. The number of imidazole rings is 1. The van der Waals surface area contributed by atoms with Gasteiger partial charge in [0.25, 0.3) is 0 Å². The normalized spacial score (nSPS) is 10.7. The largest absolute Gasteiger partial charge is 0.480 e. The maximum Gasteiger partial charge on any atom is 0.323 e. The van der Waals surface area contributed by atoms with Crippen molar-refractivity contribution in [1.29, 1.82) is 0 Å². The van der Waals surface area contributed by atoms with E-state index >= 15 is 0 Å². The molecule has 1 aromatic heterocycles. The van der Waals surface area contributed by atoms with Gasteiger partial charge < -0.3 is 19.7 Å². The molecule has 0 bridgehead atoms. The van der Waals surface area contributed by atoms with Gasteiger partial charge in [-0.2, -0.15) is 0 Å². The third-order valence-electron chi connectivity index (χ3n) is 3.03. The third kappa shape index (κ3) is 2.71. The first-order valence-electron chi connectivity index (χ1n) is 6.00. The number of carboxylic acids is 2. The van der Waals surface area contributed by atoms with Crippen molar-refractivity contribution in [2.75, 3.05) is 18.5 Å². The van der Waals surface area contributed by atoms with E-state index in [-0.39, 0.29) is 13.1 Å². The van der Waals surface area contributed by atoms with Gasteiger partial charge in [-0.25, -0.2) is 4.98 Å². The molecule has 0 aliphatic carbocycles. The summed E-state index contributed by atoms with van der Waals surface area (Å²) in [5.41, 5.74) is 2.09. The van der Waals surface area contributed by atoms with E-state index in [2.05, 4.69) is 4.98 Å². The van der Waals surface area contributed by atoms with Crippen molar-refractivity contribution < 1.29 is 19.8 Å². The molecule has 20 heavy (non-hydrogen) atoms. The van der Waals surface area contributed by atoms with Crippen LogP contribution in [0.25, 0.3) is 11.0 Å². The summed E-state index contributed by atoms with van der Waals surface area (Å²) < 4.78 is 1.61. The zero-order valence-electron chi connectivity index (χ0n) is 11.2. The molecule has 0 saturated carbocycles. The summed E-state index contributed by atoms with van der Waals surface area (Å²) in [7, 11) is 1.68. The Balaban J connectivity index is 2.41. The molecule has 1 heterocycles. The van der Waals surface area contributed by atoms with E-state index < -0.39 is 11.9 Å². The Bertz CT molecular complexity index is 678. The van der Waals surface area contributed by atoms with E-state index in [0.717, 1.165) is 11.2 Å². The van der Waals surface area contributed by atoms with Crippen LogP contribution in [0.4, 0.5) is 5.69 Å². The Morgan fingerprint density at radius 2 is 2.00 bits per heavy atom. The molecule has 2 N–H and O–H groups in total. The first-order valence-corrected chi connectivity index (χ1v) is 6.00. The summed E-state index contributed by atoms with van der Waals surface area (Å²) in [6.45, 7) is 1.48. The molecule has 0 atom stereocenters. The number of aromatic nitrogens is 2. The first kappa shape index (κ1) is 13.9. The Morgan fingerprint density at radius 3 is 2.60 bits per heavy atom. The maximum atomic E-state index is 10.8. The van der Waals surface area contributed by atoms with Gasteiger partial charge in [0.1, 0.15) is 18.9 Å². The fourth-order valence-electron chi connectivity index (χ4n) is 2.11. The van der Waals surface area contributed by atoms with E-state index in [9.17, 15) is 9.59 Å². The van der Waals surface area contributed by atoms with Gasteiger partial charge in [-0.1, -0.05) is 0 Å². The van der Waals surface area contributed by atoms with Crippen LogP contribution in [0.1, 0.15) is 5.82 Å². The summed E-state index contributed by atoms with van der Waals surface area (Å²) in [6, 6.07) is 5.26. The second-order valence-electron chi connectivity index (χ2n) is 4.56. The molecule has 0 spiro atoms. The lowest BCUT2D eigenvalue weighted by Gasteiger charge is -2.16. The minimum absolute atomic E-state index is 0.111. The van der Waals surface area contributed by atoms with Gasteiger partial charge in [-0.3, -0.25) is 9.59 Å². The van der Waals surface area contributed by atoms with Crippen molar-refractivity contribution in [2.45, 2.75) is 13.5 Å². The Morgan fingerprint density at radius 1 is 1.30 bits per heavy atom. The Hall–Kier alpha value is -2.57. The first-order chi connectivity index (χ1) is 9.38. The summed E-state index contributed by atoms with van der Waals surface area (Å²) in [4.78, 5) is 27.4. The van der Waals surface area contributed by atoms with E-state index in [4.69, 9.17) is 10.2 Å². The van der Waals surface area contributed by atoms with Crippen LogP contribution >= 0.6 is 0 Å². The average molecular weight is 277 g/mol. The average Bonchev–Trinajstić information content (AvgIpc) is 2.63. The number of fused-ring (bicyclic) bond motifs is 1. The second-order valence-corrected chi connectivity index (χ2v) is 4.56. The highest BCUT2D eigenvalue weighted by Gasteiger charge is 2.12. The molecule has 0 radical (unpaired) electrons. The van der Waals surface area contributed by atoms with Crippen LogP contribution in [0, 0.1) is 6.92 Å². The SMILES string of the molecule is Cc1nc2cc(N(C)CC(=O)O)ccc2n1CC(=O)O. The van der Waals surface area contributed by atoms with E-state index in [1.165, 1.54) is 0 Å². The number of aliphatic carboxylic acids is 2. The van der Waals surface area contributed by atoms with Crippen molar-refractivity contribution in [3.63, 3.8) is 0 Å². The standard InChI is InChI=1S/C13H15N3O4/c1-8-14-10-5-9(15(2)6-12(17)18)3-4-11(10)16(8)7-13(19)20/h3-5H,6-7H2,1-2H3,(H,17,18)(H,19,20). The fraction of sp³-hybridized carbons (Fsp3) is 0.308.